The molecule has 2 aromatic rings. The first kappa shape index (κ1) is 14.4. The number of nitrogens with one attached hydrogen (secondary N) is 1. The largest absolute Gasteiger partial charge is 0.456 e. The first-order valence-corrected chi connectivity index (χ1v) is 6.63. The number of carbonyl (C=O) groups excluding carboxylic acids is 1. The second kappa shape index (κ2) is 5.97. The molecule has 0 amide bonds. The number of aromatic amines is 1. The Bertz CT molecular complexity index is 644. The molecule has 0 spiro atoms. The minimum absolute atomic E-state index is 0.244. The summed E-state index contributed by atoms with van der Waals surface area (Å²) >= 11 is 5.94. The van der Waals surface area contributed by atoms with Crippen LogP contribution in [0.1, 0.15) is 32.9 Å². The highest BCUT2D eigenvalue weighted by Gasteiger charge is 2.19. The summed E-state index contributed by atoms with van der Waals surface area (Å²) in [5, 5.41) is 0.415. The average molecular weight is 290 g/mol. The van der Waals surface area contributed by atoms with E-state index in [1.165, 1.54) is 0 Å². The third kappa shape index (κ3) is 2.94. The van der Waals surface area contributed by atoms with E-state index in [1.54, 1.807) is 0 Å². The molecule has 0 unspecified atom stereocenters. The predicted molar refractivity (Wildman–Crippen MR) is 80.7 cm³/mol. The van der Waals surface area contributed by atoms with E-state index in [1.807, 2.05) is 44.2 Å². The Hall–Kier alpha value is -2.00. The zero-order valence-electron chi connectivity index (χ0n) is 11.5. The Kier molecular flexibility index (Phi) is 4.30. The Balaban J connectivity index is 2.14. The molecule has 0 bridgehead atoms. The fourth-order valence-electron chi connectivity index (χ4n) is 2.16. The predicted octanol–water partition coefficient (Wildman–Crippen LogP) is 4.20. The van der Waals surface area contributed by atoms with Gasteiger partial charge in [0.15, 0.2) is 0 Å². The monoisotopic (exact) mass is 289 g/mol. The standard InChI is InChI=1S/C16H16ClNO2/c1-10-14(11(2)17)12(3)18-15(10)16(19)20-9-13-7-5-4-6-8-13/h4-8,18H,2,9H2,1,3H3. The Morgan fingerprint density at radius 2 is 1.95 bits per heavy atom. The topological polar surface area (TPSA) is 42.1 Å². The molecule has 0 radical (unpaired) electrons. The van der Waals surface area contributed by atoms with Crippen molar-refractivity contribution in [3.8, 4) is 0 Å². The summed E-state index contributed by atoms with van der Waals surface area (Å²) in [7, 11) is 0. The Morgan fingerprint density at radius 1 is 1.30 bits per heavy atom. The van der Waals surface area contributed by atoms with Crippen LogP contribution in [0.25, 0.3) is 5.03 Å². The molecule has 20 heavy (non-hydrogen) atoms. The second-order valence-electron chi connectivity index (χ2n) is 4.59. The number of hydrogen-bond acceptors (Lipinski definition) is 2. The molecule has 4 heteroatoms. The number of halogens is 1. The van der Waals surface area contributed by atoms with E-state index in [9.17, 15) is 4.79 Å². The van der Waals surface area contributed by atoms with E-state index in [2.05, 4.69) is 11.6 Å². The second-order valence-corrected chi connectivity index (χ2v) is 5.05. The summed E-state index contributed by atoms with van der Waals surface area (Å²) in [4.78, 5) is 15.1. The van der Waals surface area contributed by atoms with Gasteiger partial charge in [-0.25, -0.2) is 4.79 Å². The van der Waals surface area contributed by atoms with Gasteiger partial charge in [-0.3, -0.25) is 0 Å². The number of benzene rings is 1. The zero-order chi connectivity index (χ0) is 14.7. The Morgan fingerprint density at radius 3 is 2.50 bits per heavy atom. The van der Waals surface area contributed by atoms with Crippen LogP contribution in [0.2, 0.25) is 0 Å². The number of aryl methyl sites for hydroxylation is 1. The number of ether oxygens (including phenoxy) is 1. The lowest BCUT2D eigenvalue weighted by Gasteiger charge is -2.04. The number of H-pyrrole nitrogens is 1. The van der Waals surface area contributed by atoms with Gasteiger partial charge in [0, 0.05) is 16.3 Å². The summed E-state index contributed by atoms with van der Waals surface area (Å²) in [5.41, 5.74) is 3.73. The van der Waals surface area contributed by atoms with Crippen LogP contribution in [0.4, 0.5) is 0 Å². The van der Waals surface area contributed by atoms with E-state index >= 15 is 0 Å². The Labute approximate surface area is 123 Å². The molecule has 0 aliphatic rings. The minimum Gasteiger partial charge on any atom is -0.456 e. The first-order valence-electron chi connectivity index (χ1n) is 6.25. The lowest BCUT2D eigenvalue weighted by molar-refractivity contribution is 0.0465. The van der Waals surface area contributed by atoms with Gasteiger partial charge >= 0.3 is 5.97 Å². The van der Waals surface area contributed by atoms with E-state index in [0.29, 0.717) is 10.7 Å². The van der Waals surface area contributed by atoms with E-state index in [4.69, 9.17) is 16.3 Å². The van der Waals surface area contributed by atoms with Gasteiger partial charge in [0.2, 0.25) is 0 Å². The maximum Gasteiger partial charge on any atom is 0.355 e. The summed E-state index contributed by atoms with van der Waals surface area (Å²) in [6, 6.07) is 9.55. The highest BCUT2D eigenvalue weighted by atomic mass is 35.5. The van der Waals surface area contributed by atoms with E-state index in [0.717, 1.165) is 22.4 Å². The molecule has 0 saturated carbocycles. The van der Waals surface area contributed by atoms with Crippen LogP contribution in [0.15, 0.2) is 36.9 Å². The van der Waals surface area contributed by atoms with Gasteiger partial charge in [-0.1, -0.05) is 48.5 Å². The van der Waals surface area contributed by atoms with Crippen LogP contribution >= 0.6 is 11.6 Å². The molecule has 1 heterocycles. The molecular weight excluding hydrogens is 274 g/mol. The first-order chi connectivity index (χ1) is 9.50. The molecule has 0 fully saturated rings. The molecular formula is C16H16ClNO2. The van der Waals surface area contributed by atoms with Crippen molar-refractivity contribution in [3.63, 3.8) is 0 Å². The molecule has 0 aliphatic carbocycles. The molecule has 0 atom stereocenters. The van der Waals surface area contributed by atoms with Gasteiger partial charge < -0.3 is 9.72 Å². The van der Waals surface area contributed by atoms with Crippen molar-refractivity contribution in [1.29, 1.82) is 0 Å². The minimum atomic E-state index is -0.390. The van der Waals surface area contributed by atoms with E-state index in [-0.39, 0.29) is 6.61 Å². The van der Waals surface area contributed by atoms with Crippen LogP contribution in [0.3, 0.4) is 0 Å². The maximum absolute atomic E-state index is 12.1. The number of hydrogen-bond donors (Lipinski definition) is 1. The van der Waals surface area contributed by atoms with Gasteiger partial charge in [0.1, 0.15) is 12.3 Å². The molecule has 1 aromatic carbocycles. The van der Waals surface area contributed by atoms with Gasteiger partial charge in [0.25, 0.3) is 0 Å². The van der Waals surface area contributed by atoms with Gasteiger partial charge in [0.05, 0.1) is 0 Å². The van der Waals surface area contributed by atoms with Gasteiger partial charge in [-0.15, -0.1) is 0 Å². The van der Waals surface area contributed by atoms with Gasteiger partial charge in [-0.2, -0.15) is 0 Å². The van der Waals surface area contributed by atoms with Crippen LogP contribution < -0.4 is 0 Å². The number of esters is 1. The van der Waals surface area contributed by atoms with Crippen molar-refractivity contribution in [2.45, 2.75) is 20.5 Å². The number of carbonyl (C=O) groups is 1. The fraction of sp³-hybridized carbons (Fsp3) is 0.188. The SMILES string of the molecule is C=C(Cl)c1c(C)[nH]c(C(=O)OCc2ccccc2)c1C. The fourth-order valence-corrected chi connectivity index (χ4v) is 2.44. The van der Waals surface area contributed by atoms with E-state index < -0.39 is 5.97 Å². The molecule has 104 valence electrons. The molecule has 0 aliphatic heterocycles. The molecule has 1 aromatic heterocycles. The quantitative estimate of drug-likeness (QED) is 0.857. The van der Waals surface area contributed by atoms with Crippen LogP contribution in [0.5, 0.6) is 0 Å². The lowest BCUT2D eigenvalue weighted by atomic mass is 10.1. The molecule has 0 saturated heterocycles. The molecule has 1 N–H and O–H groups in total. The highest BCUT2D eigenvalue weighted by molar-refractivity contribution is 6.48. The third-order valence-corrected chi connectivity index (χ3v) is 3.31. The van der Waals surface area contributed by atoms with Crippen LogP contribution in [0, 0.1) is 13.8 Å². The van der Waals surface area contributed by atoms with Crippen molar-refractivity contribution >= 4 is 22.6 Å². The number of rotatable bonds is 4. The average Bonchev–Trinajstić information content (AvgIpc) is 2.72. The smallest absolute Gasteiger partial charge is 0.355 e. The van der Waals surface area contributed by atoms with Crippen molar-refractivity contribution < 1.29 is 9.53 Å². The summed E-state index contributed by atoms with van der Waals surface area (Å²) in [6.07, 6.45) is 0. The van der Waals surface area contributed by atoms with Crippen molar-refractivity contribution in [1.82, 2.24) is 4.98 Å². The zero-order valence-corrected chi connectivity index (χ0v) is 12.3. The maximum atomic E-state index is 12.1. The summed E-state index contributed by atoms with van der Waals surface area (Å²) in [6.45, 7) is 7.63. The normalized spacial score (nSPS) is 10.3. The third-order valence-electron chi connectivity index (χ3n) is 3.13. The summed E-state index contributed by atoms with van der Waals surface area (Å²) in [5.74, 6) is -0.390. The van der Waals surface area contributed by atoms with Crippen molar-refractivity contribution in [3.05, 3.63) is 65.0 Å². The summed E-state index contributed by atoms with van der Waals surface area (Å²) < 4.78 is 5.30. The van der Waals surface area contributed by atoms with Crippen molar-refractivity contribution in [2.24, 2.45) is 0 Å². The highest BCUT2D eigenvalue weighted by Crippen LogP contribution is 2.27. The number of aromatic nitrogens is 1. The molecule has 3 nitrogen and oxygen atoms in total. The van der Waals surface area contributed by atoms with Gasteiger partial charge in [-0.05, 0) is 25.0 Å². The lowest BCUT2D eigenvalue weighted by Crippen LogP contribution is -2.07. The van der Waals surface area contributed by atoms with Crippen LogP contribution in [-0.2, 0) is 11.3 Å². The van der Waals surface area contributed by atoms with Crippen molar-refractivity contribution in [2.75, 3.05) is 0 Å². The van der Waals surface area contributed by atoms with Crippen LogP contribution in [-0.4, -0.2) is 11.0 Å². The molecule has 2 rings (SSSR count).